The van der Waals surface area contributed by atoms with Crippen molar-refractivity contribution in [3.63, 3.8) is 0 Å². The van der Waals surface area contributed by atoms with Crippen LogP contribution in [-0.2, 0) is 54.8 Å². The van der Waals surface area contributed by atoms with Crippen LogP contribution >= 0.6 is 11.6 Å². The van der Waals surface area contributed by atoms with Crippen LogP contribution in [0.25, 0.3) is 10.8 Å². The zero-order valence-corrected chi connectivity index (χ0v) is 37.6. The Morgan fingerprint density at radius 1 is 0.742 bits per heavy atom. The van der Waals surface area contributed by atoms with Gasteiger partial charge in [-0.05, 0) is 60.0 Å². The maximum Gasteiger partial charge on any atom is 0.397 e. The van der Waals surface area contributed by atoms with E-state index in [1.54, 1.807) is 0 Å². The molecule has 0 aliphatic heterocycles. The van der Waals surface area contributed by atoms with Gasteiger partial charge >= 0.3 is 16.5 Å². The van der Waals surface area contributed by atoms with E-state index in [9.17, 15) is 69.6 Å². The maximum absolute atomic E-state index is 13.9. The third kappa shape index (κ3) is 12.4. The number of fused-ring (bicyclic) bond motifs is 1. The average Bonchev–Trinajstić information content (AvgIpc) is 3.10. The van der Waals surface area contributed by atoms with E-state index < -0.39 is 145 Å². The minimum absolute atomic E-state index is 0. The standard InChI is InChI=1S/C28H21ClF2N8O16S5.Li.Na/c29-21-26(30)34-28(31)35-27(21)33-14-3-6-17(57(43,44)45)16(11-14)37-39-24-19(59(49,50)51)10-12-9-18(58(46,47)48)23(22(32)20(12)25(24)40)38-36-13-1-4-15(5-2-13)56(41,42)8-7-55-60(52,53)54;;/h1-6,9-11,40H,7-8,32H2,(H,33,34,35)(H,43,44,45)(H,46,47,48)(H,49,50,51)(H,52,53,54);;. The second-order valence-corrected chi connectivity index (χ2v) is 19.2. The molecular weight excluding hydrogens is 968 g/mol. The molecule has 0 aliphatic carbocycles. The molecule has 0 bridgehead atoms. The average molecular weight is 989 g/mol. The monoisotopic (exact) mass is 988 g/mol. The number of halogens is 3. The third-order valence-electron chi connectivity index (χ3n) is 7.46. The van der Waals surface area contributed by atoms with Gasteiger partial charge in [0.2, 0.25) is 5.95 Å². The molecule has 5 aromatic rings. The van der Waals surface area contributed by atoms with Gasteiger partial charge in [0, 0.05) is 54.1 Å². The number of nitrogens with two attached hydrogens (primary N) is 1. The molecule has 34 heteroatoms. The fourth-order valence-electron chi connectivity index (χ4n) is 4.91. The van der Waals surface area contributed by atoms with E-state index in [0.717, 1.165) is 36.4 Å². The molecule has 0 fully saturated rings. The number of aromatic hydroxyl groups is 1. The Labute approximate surface area is 387 Å². The van der Waals surface area contributed by atoms with Crippen molar-refractivity contribution in [2.45, 2.75) is 19.6 Å². The van der Waals surface area contributed by atoms with Crippen molar-refractivity contribution in [1.82, 2.24) is 9.97 Å². The van der Waals surface area contributed by atoms with Gasteiger partial charge in [0.15, 0.2) is 21.4 Å². The summed E-state index contributed by atoms with van der Waals surface area (Å²) in [6.07, 6.45) is -1.57. The summed E-state index contributed by atoms with van der Waals surface area (Å²) in [7, 11) is -25.1. The van der Waals surface area contributed by atoms with Crippen LogP contribution in [0.1, 0.15) is 0 Å². The van der Waals surface area contributed by atoms with Gasteiger partial charge in [0.1, 0.15) is 36.8 Å². The summed E-state index contributed by atoms with van der Waals surface area (Å²) >= 11 is 5.75. The van der Waals surface area contributed by atoms with Crippen molar-refractivity contribution in [2.24, 2.45) is 20.5 Å². The number of hydrogen-bond donors (Lipinski definition) is 7. The van der Waals surface area contributed by atoms with Crippen molar-refractivity contribution in [3.05, 3.63) is 71.6 Å². The van der Waals surface area contributed by atoms with Crippen molar-refractivity contribution in [3.8, 4) is 5.75 Å². The minimum atomic E-state index is -5.47. The van der Waals surface area contributed by atoms with Gasteiger partial charge in [-0.15, -0.1) is 15.3 Å². The summed E-state index contributed by atoms with van der Waals surface area (Å²) in [6, 6.07) is 7.43. The molecule has 1 aromatic heterocycles. The van der Waals surface area contributed by atoms with Crippen LogP contribution in [0.15, 0.2) is 94.6 Å². The number of hydrogen-bond acceptors (Lipinski definition) is 20. The number of nitrogens with one attached hydrogen (secondary N) is 1. The molecule has 8 N–H and O–H groups in total. The Hall–Kier alpha value is -3.88. The van der Waals surface area contributed by atoms with Gasteiger partial charge in [-0.2, -0.15) is 57.5 Å². The van der Waals surface area contributed by atoms with Crippen LogP contribution in [0.4, 0.5) is 48.7 Å². The zero-order valence-electron chi connectivity index (χ0n) is 30.8. The predicted octanol–water partition coefficient (Wildman–Crippen LogP) is 4.00. The second kappa shape index (κ2) is 19.5. The number of aromatic nitrogens is 2. The summed E-state index contributed by atoms with van der Waals surface area (Å²) in [5, 5.41) is 26.1. The van der Waals surface area contributed by atoms with Gasteiger partial charge in [0.05, 0.1) is 34.0 Å². The number of rotatable bonds is 14. The largest absolute Gasteiger partial charge is 0.505 e. The first-order valence-corrected chi connectivity index (χ1v) is 22.9. The van der Waals surface area contributed by atoms with Gasteiger partial charge in [0.25, 0.3) is 30.4 Å². The van der Waals surface area contributed by atoms with Crippen molar-refractivity contribution in [2.75, 3.05) is 23.4 Å². The van der Waals surface area contributed by atoms with Gasteiger partial charge in [-0.25, -0.2) is 12.6 Å². The summed E-state index contributed by atoms with van der Waals surface area (Å²) in [5.41, 5.74) is 1.86. The van der Waals surface area contributed by atoms with Gasteiger partial charge in [-0.3, -0.25) is 18.2 Å². The SMILES string of the molecule is Nc1c(N=Nc2ccc(S(=O)(=O)CCOS(=O)(=O)O)cc2)c(S(=O)(=O)O)cc2cc(S(=O)(=O)O)c(N=Nc3cc(Nc4nc(F)nc(F)c4Cl)ccc3S(=O)(=O)O)c(O)c12.[Li].[Na]. The Balaban J connectivity index is 0.00000512. The van der Waals surface area contributed by atoms with Crippen molar-refractivity contribution in [1.29, 1.82) is 0 Å². The molecule has 0 saturated heterocycles. The first kappa shape index (κ1) is 52.5. The number of nitrogens with zero attached hydrogens (tertiary/aromatic N) is 6. The second-order valence-electron chi connectivity index (χ2n) is 11.4. The van der Waals surface area contributed by atoms with Crippen LogP contribution in [-0.4, -0.2) is 136 Å². The summed E-state index contributed by atoms with van der Waals surface area (Å²) in [6.45, 7) is -0.937. The molecule has 0 amide bonds. The van der Waals surface area contributed by atoms with Crippen LogP contribution in [0.5, 0.6) is 5.75 Å². The number of sulfone groups is 1. The van der Waals surface area contributed by atoms with Crippen LogP contribution in [0.3, 0.4) is 0 Å². The number of phenols is 1. The topological polar surface area (TPSA) is 394 Å². The van der Waals surface area contributed by atoms with Crippen LogP contribution < -0.4 is 11.1 Å². The van der Waals surface area contributed by atoms with E-state index in [1.807, 2.05) is 0 Å². The summed E-state index contributed by atoms with van der Waals surface area (Å²) < 4.78 is 191. The maximum atomic E-state index is 13.9. The molecule has 0 aliphatic rings. The van der Waals surface area contributed by atoms with Crippen LogP contribution in [0.2, 0.25) is 5.02 Å². The first-order chi connectivity index (χ1) is 27.6. The Morgan fingerprint density at radius 2 is 1.29 bits per heavy atom. The number of nitrogen functional groups attached to an aromatic ring is 1. The van der Waals surface area contributed by atoms with Crippen molar-refractivity contribution >= 4 is 161 Å². The van der Waals surface area contributed by atoms with Crippen LogP contribution in [0, 0.1) is 12.0 Å². The Bertz CT molecular complexity index is 3250. The normalized spacial score (nSPS) is 12.7. The van der Waals surface area contributed by atoms with Crippen molar-refractivity contribution < 1.29 is 78.4 Å². The number of benzene rings is 4. The molecule has 5 rings (SSSR count). The molecule has 0 unspecified atom stereocenters. The van der Waals surface area contributed by atoms with E-state index in [0.29, 0.717) is 18.2 Å². The number of phenolic OH excluding ortho intramolecular Hbond substituents is 1. The van der Waals surface area contributed by atoms with E-state index in [4.69, 9.17) is 21.9 Å². The number of anilines is 3. The van der Waals surface area contributed by atoms with E-state index in [-0.39, 0.29) is 59.8 Å². The van der Waals surface area contributed by atoms with E-state index in [1.165, 1.54) is 0 Å². The summed E-state index contributed by atoms with van der Waals surface area (Å²) in [4.78, 5) is 2.17. The molecule has 24 nitrogen and oxygen atoms in total. The zero-order chi connectivity index (χ0) is 44.7. The third-order valence-corrected chi connectivity index (χ3v) is 12.6. The molecule has 322 valence electrons. The fraction of sp³-hybridized carbons (Fsp3) is 0.0714. The molecule has 0 saturated carbocycles. The molecule has 2 radical (unpaired) electrons. The Kier molecular flexibility index (Phi) is 16.5. The minimum Gasteiger partial charge on any atom is -0.505 e. The molecule has 0 atom stereocenters. The molecule has 4 aromatic carbocycles. The predicted molar refractivity (Wildman–Crippen MR) is 212 cm³/mol. The smallest absolute Gasteiger partial charge is 0.397 e. The molecular formula is C28H21ClF2LiN8NaO16S5. The van der Waals surface area contributed by atoms with Gasteiger partial charge < -0.3 is 16.2 Å². The fourth-order valence-corrected chi connectivity index (χ4v) is 8.46. The molecule has 62 heavy (non-hydrogen) atoms. The molecule has 0 spiro atoms. The Morgan fingerprint density at radius 3 is 1.84 bits per heavy atom. The van der Waals surface area contributed by atoms with E-state index in [2.05, 4.69) is 39.9 Å². The van der Waals surface area contributed by atoms with E-state index >= 15 is 0 Å². The first-order valence-electron chi connectivity index (χ1n) is 15.2. The molecule has 1 heterocycles. The summed E-state index contributed by atoms with van der Waals surface area (Å²) in [5.74, 6) is -4.36. The quantitative estimate of drug-likeness (QED) is 0.0206. The number of azo groups is 2. The van der Waals surface area contributed by atoms with Gasteiger partial charge in [-0.1, -0.05) is 11.6 Å².